The lowest BCUT2D eigenvalue weighted by Crippen LogP contribution is -2.59. The fraction of sp³-hybridized carbons (Fsp3) is 0.926. The van der Waals surface area contributed by atoms with Crippen molar-refractivity contribution in [2.75, 3.05) is 13.1 Å². The van der Waals surface area contributed by atoms with E-state index < -0.39 is 0 Å². The van der Waals surface area contributed by atoms with Crippen LogP contribution in [-0.2, 0) is 0 Å². The van der Waals surface area contributed by atoms with Gasteiger partial charge in [0.05, 0.1) is 12.2 Å². The third-order valence-electron chi connectivity index (χ3n) is 11.4. The minimum absolute atomic E-state index is 0.0758. The highest BCUT2D eigenvalue weighted by Crippen LogP contribution is 2.64. The van der Waals surface area contributed by atoms with Gasteiger partial charge in [-0.2, -0.15) is 0 Å². The molecular weight excluding hydrogens is 370 g/mol. The highest BCUT2D eigenvalue weighted by atomic mass is 16.3. The predicted molar refractivity (Wildman–Crippen MR) is 120 cm³/mol. The first-order valence-corrected chi connectivity index (χ1v) is 13.2. The molecule has 0 aromatic heterocycles. The van der Waals surface area contributed by atoms with E-state index in [2.05, 4.69) is 25.7 Å². The fourth-order valence-electron chi connectivity index (χ4n) is 9.80. The van der Waals surface area contributed by atoms with Crippen LogP contribution >= 0.6 is 0 Å². The van der Waals surface area contributed by atoms with E-state index >= 15 is 0 Å². The zero-order chi connectivity index (χ0) is 20.8. The molecule has 2 saturated heterocycles. The van der Waals surface area contributed by atoms with Crippen molar-refractivity contribution in [3.63, 3.8) is 0 Å². The summed E-state index contributed by atoms with van der Waals surface area (Å²) in [5.41, 5.74) is 3.56. The Labute approximate surface area is 183 Å². The van der Waals surface area contributed by atoms with Crippen molar-refractivity contribution in [3.8, 4) is 0 Å². The fourth-order valence-corrected chi connectivity index (χ4v) is 9.80. The molecule has 0 amide bonds. The molecule has 168 valence electrons. The summed E-state index contributed by atoms with van der Waals surface area (Å²) < 4.78 is 0. The molecule has 30 heavy (non-hydrogen) atoms. The van der Waals surface area contributed by atoms with Gasteiger partial charge in [0.2, 0.25) is 0 Å². The maximum absolute atomic E-state index is 11.4. The third kappa shape index (κ3) is 2.80. The van der Waals surface area contributed by atoms with E-state index in [0.717, 1.165) is 43.1 Å². The molecule has 0 spiro atoms. The van der Waals surface area contributed by atoms with Gasteiger partial charge in [-0.05, 0) is 110 Å². The summed E-state index contributed by atoms with van der Waals surface area (Å²) >= 11 is 0. The topological polar surface area (TPSA) is 43.7 Å². The number of hydrogen-bond donors (Lipinski definition) is 2. The molecule has 2 heterocycles. The lowest BCUT2D eigenvalue weighted by Gasteiger charge is -2.56. The van der Waals surface area contributed by atoms with Gasteiger partial charge in [-0.15, -0.1) is 0 Å². The van der Waals surface area contributed by atoms with Gasteiger partial charge in [0.1, 0.15) is 0 Å². The minimum atomic E-state index is -0.179. The molecule has 0 bridgehead atoms. The lowest BCUT2D eigenvalue weighted by atomic mass is 9.54. The Morgan fingerprint density at radius 3 is 2.60 bits per heavy atom. The van der Waals surface area contributed by atoms with Gasteiger partial charge in [0.25, 0.3) is 0 Å². The van der Waals surface area contributed by atoms with Crippen LogP contribution < -0.4 is 0 Å². The summed E-state index contributed by atoms with van der Waals surface area (Å²) in [5, 5.41) is 21.7. The minimum Gasteiger partial charge on any atom is -0.393 e. The Morgan fingerprint density at radius 1 is 0.933 bits per heavy atom. The monoisotopic (exact) mass is 413 g/mol. The van der Waals surface area contributed by atoms with Crippen molar-refractivity contribution in [2.45, 2.75) is 96.8 Å². The van der Waals surface area contributed by atoms with Gasteiger partial charge in [-0.25, -0.2) is 0 Å². The summed E-state index contributed by atoms with van der Waals surface area (Å²) in [4.78, 5) is 2.86. The van der Waals surface area contributed by atoms with E-state index in [1.165, 1.54) is 57.2 Å². The van der Waals surface area contributed by atoms with Crippen LogP contribution in [0.2, 0.25) is 0 Å². The summed E-state index contributed by atoms with van der Waals surface area (Å²) in [6, 6.07) is 0.759. The van der Waals surface area contributed by atoms with Crippen molar-refractivity contribution in [1.29, 1.82) is 0 Å². The lowest BCUT2D eigenvalue weighted by molar-refractivity contribution is -0.0706. The van der Waals surface area contributed by atoms with Crippen molar-refractivity contribution in [1.82, 2.24) is 4.90 Å². The quantitative estimate of drug-likeness (QED) is 0.569. The van der Waals surface area contributed by atoms with Crippen LogP contribution in [0.15, 0.2) is 11.1 Å². The van der Waals surface area contributed by atoms with Crippen molar-refractivity contribution in [3.05, 3.63) is 11.1 Å². The molecule has 2 aliphatic heterocycles. The maximum atomic E-state index is 11.4. The van der Waals surface area contributed by atoms with Crippen LogP contribution in [0, 0.1) is 46.8 Å². The van der Waals surface area contributed by atoms with Gasteiger partial charge in [0, 0.05) is 19.1 Å². The van der Waals surface area contributed by atoms with E-state index in [-0.39, 0.29) is 12.2 Å². The average molecular weight is 414 g/mol. The zero-order valence-electron chi connectivity index (χ0n) is 19.4. The standard InChI is InChI=1S/C27H43NO2/c1-15-4-7-24-16(2)20-12-25(30)26-19-6-5-17-10-18(29)8-9-27(17,3)23(19)11-21(26)22(20)14-28(24)13-15/h15-18,20-25,29-30H,4-14H2,1-3H3/t15-,16+,17?,18-,20?,21?,22?,23?,24?,25+,27-/m0/s1. The van der Waals surface area contributed by atoms with E-state index in [9.17, 15) is 10.2 Å². The summed E-state index contributed by atoms with van der Waals surface area (Å²) in [6.07, 6.45) is 10.4. The molecule has 0 aromatic carbocycles. The highest BCUT2D eigenvalue weighted by molar-refractivity contribution is 5.36. The SMILES string of the molecule is C[C@H]1CCC2[C@H](C)C3C[C@@H](O)C4=C5CCC6C[C@@H](O)CC[C@]6(C)C5CC4C3CN2C1. The molecule has 4 aliphatic carbocycles. The number of nitrogens with zero attached hydrogens (tertiary/aromatic N) is 1. The van der Waals surface area contributed by atoms with Crippen LogP contribution in [0.5, 0.6) is 0 Å². The zero-order valence-corrected chi connectivity index (χ0v) is 19.4. The molecule has 5 fully saturated rings. The first-order valence-electron chi connectivity index (χ1n) is 13.2. The number of rotatable bonds is 0. The molecular formula is C27H43NO2. The second-order valence-electron chi connectivity index (χ2n) is 12.7. The molecule has 3 nitrogen and oxygen atoms in total. The number of aliphatic hydroxyl groups is 2. The normalized spacial score (nSPS) is 55.9. The van der Waals surface area contributed by atoms with Crippen LogP contribution in [0.3, 0.4) is 0 Å². The summed E-state index contributed by atoms with van der Waals surface area (Å²) in [6.45, 7) is 10.1. The Kier molecular flexibility index (Phi) is 4.76. The van der Waals surface area contributed by atoms with Gasteiger partial charge in [-0.1, -0.05) is 26.3 Å². The molecule has 11 atom stereocenters. The van der Waals surface area contributed by atoms with E-state index in [1.54, 1.807) is 5.57 Å². The Morgan fingerprint density at radius 2 is 1.77 bits per heavy atom. The highest BCUT2D eigenvalue weighted by Gasteiger charge is 2.58. The van der Waals surface area contributed by atoms with Gasteiger partial charge in [-0.3, -0.25) is 4.90 Å². The second kappa shape index (κ2) is 7.06. The first kappa shape index (κ1) is 20.2. The number of hydrogen-bond acceptors (Lipinski definition) is 3. The van der Waals surface area contributed by atoms with Crippen LogP contribution in [0.25, 0.3) is 0 Å². The maximum Gasteiger partial charge on any atom is 0.0758 e. The van der Waals surface area contributed by atoms with Crippen LogP contribution in [0.1, 0.15) is 78.6 Å². The predicted octanol–water partition coefficient (Wildman–Crippen LogP) is 4.63. The van der Waals surface area contributed by atoms with Crippen LogP contribution in [-0.4, -0.2) is 46.5 Å². The molecule has 6 unspecified atom stereocenters. The molecule has 3 saturated carbocycles. The van der Waals surface area contributed by atoms with E-state index in [1.807, 2.05) is 0 Å². The van der Waals surface area contributed by atoms with Gasteiger partial charge in [0.15, 0.2) is 0 Å². The van der Waals surface area contributed by atoms with E-state index in [4.69, 9.17) is 0 Å². The smallest absolute Gasteiger partial charge is 0.0758 e. The van der Waals surface area contributed by atoms with Gasteiger partial charge < -0.3 is 10.2 Å². The summed E-state index contributed by atoms with van der Waals surface area (Å²) in [5.74, 6) is 5.02. The number of aliphatic hydroxyl groups excluding tert-OH is 2. The molecule has 6 rings (SSSR count). The molecule has 2 N–H and O–H groups in total. The molecule has 3 heteroatoms. The second-order valence-corrected chi connectivity index (χ2v) is 12.7. The Balaban J connectivity index is 1.32. The number of allylic oxidation sites excluding steroid dienone is 1. The molecule has 6 aliphatic rings. The van der Waals surface area contributed by atoms with Crippen molar-refractivity contribution >= 4 is 0 Å². The molecule has 0 aromatic rings. The molecule has 0 radical (unpaired) electrons. The van der Waals surface area contributed by atoms with Crippen LogP contribution in [0.4, 0.5) is 0 Å². The first-order chi connectivity index (χ1) is 14.4. The number of fused-ring (bicyclic) bond motifs is 7. The Bertz CT molecular complexity index is 732. The van der Waals surface area contributed by atoms with Gasteiger partial charge >= 0.3 is 0 Å². The average Bonchev–Trinajstić information content (AvgIpc) is 3.12. The van der Waals surface area contributed by atoms with Crippen molar-refractivity contribution in [2.24, 2.45) is 46.8 Å². The number of piperidine rings is 2. The Hall–Kier alpha value is -0.380. The van der Waals surface area contributed by atoms with Crippen molar-refractivity contribution < 1.29 is 10.2 Å². The largest absolute Gasteiger partial charge is 0.393 e. The van der Waals surface area contributed by atoms with E-state index in [0.29, 0.717) is 29.1 Å². The third-order valence-corrected chi connectivity index (χ3v) is 11.4. The summed E-state index contributed by atoms with van der Waals surface area (Å²) in [7, 11) is 0.